The third-order valence-electron chi connectivity index (χ3n) is 2.47. The maximum atomic E-state index is 9.57. The molecule has 2 aromatic carbocycles. The topological polar surface area (TPSA) is 80.9 Å². The Kier molecular flexibility index (Phi) is 3.10. The van der Waals surface area contributed by atoms with Crippen LogP contribution in [-0.4, -0.2) is 20.4 Å². The van der Waals surface area contributed by atoms with Crippen LogP contribution in [0.3, 0.4) is 0 Å². The van der Waals surface area contributed by atoms with Gasteiger partial charge >= 0.3 is 0 Å². The zero-order chi connectivity index (χ0) is 13.1. The van der Waals surface area contributed by atoms with Crippen molar-refractivity contribution in [2.24, 2.45) is 0 Å². The van der Waals surface area contributed by atoms with Crippen LogP contribution in [0.25, 0.3) is 12.2 Å². The number of phenols is 4. The molecule has 18 heavy (non-hydrogen) atoms. The van der Waals surface area contributed by atoms with Gasteiger partial charge in [0.05, 0.1) is 0 Å². The number of hydrogen-bond acceptors (Lipinski definition) is 4. The monoisotopic (exact) mass is 244 g/mol. The van der Waals surface area contributed by atoms with Crippen LogP contribution in [0.2, 0.25) is 0 Å². The molecule has 0 bridgehead atoms. The summed E-state index contributed by atoms with van der Waals surface area (Å²) in [6.07, 6.45) is 3.20. The van der Waals surface area contributed by atoms with Gasteiger partial charge in [0.25, 0.3) is 0 Å². The van der Waals surface area contributed by atoms with Gasteiger partial charge in [0.2, 0.25) is 0 Å². The molecule has 4 heteroatoms. The second-order valence-corrected chi connectivity index (χ2v) is 3.82. The summed E-state index contributed by atoms with van der Waals surface area (Å²) in [6, 6.07) is 8.48. The molecular formula is C14H12O4. The van der Waals surface area contributed by atoms with Gasteiger partial charge in [-0.1, -0.05) is 12.2 Å². The van der Waals surface area contributed by atoms with E-state index in [1.807, 2.05) is 0 Å². The van der Waals surface area contributed by atoms with Gasteiger partial charge in [-0.25, -0.2) is 0 Å². The highest BCUT2D eigenvalue weighted by Gasteiger charge is 2.01. The molecule has 0 unspecified atom stereocenters. The second kappa shape index (κ2) is 4.71. The Morgan fingerprint density at radius 3 is 1.33 bits per heavy atom. The normalized spacial score (nSPS) is 10.9. The molecule has 0 aliphatic carbocycles. The molecule has 0 aliphatic heterocycles. The zero-order valence-electron chi connectivity index (χ0n) is 9.41. The Bertz CT molecular complexity index is 549. The Labute approximate surface area is 104 Å². The van der Waals surface area contributed by atoms with Gasteiger partial charge < -0.3 is 20.4 Å². The molecule has 0 radical (unpaired) electrons. The van der Waals surface area contributed by atoms with Crippen molar-refractivity contribution in [2.45, 2.75) is 0 Å². The van der Waals surface area contributed by atoms with Gasteiger partial charge in [-0.3, -0.25) is 0 Å². The number of phenolic OH excluding ortho intramolecular Hbond substituents is 4. The quantitative estimate of drug-likeness (QED) is 0.612. The Hall–Kier alpha value is -2.62. The molecular weight excluding hydrogens is 232 g/mol. The standard InChI is InChI=1S/C14H12O4/c15-11-5-3-9(13(17)7-11)1-2-10-4-6-12(16)8-14(10)18/h1-8,15-18H/b2-1+. The molecule has 0 aromatic heterocycles. The fraction of sp³-hybridized carbons (Fsp3) is 0. The van der Waals surface area contributed by atoms with Crippen molar-refractivity contribution in [3.63, 3.8) is 0 Å². The molecule has 4 nitrogen and oxygen atoms in total. The Morgan fingerprint density at radius 1 is 0.611 bits per heavy atom. The lowest BCUT2D eigenvalue weighted by Gasteiger charge is -2.01. The van der Waals surface area contributed by atoms with E-state index >= 15 is 0 Å². The van der Waals surface area contributed by atoms with E-state index in [1.54, 1.807) is 24.3 Å². The highest BCUT2D eigenvalue weighted by atomic mass is 16.3. The minimum absolute atomic E-state index is 0.0165. The first-order valence-electron chi connectivity index (χ1n) is 5.28. The second-order valence-electron chi connectivity index (χ2n) is 3.82. The van der Waals surface area contributed by atoms with Crippen LogP contribution in [0.1, 0.15) is 11.1 Å². The first-order chi connectivity index (χ1) is 8.56. The largest absolute Gasteiger partial charge is 0.508 e. The molecule has 0 fully saturated rings. The Morgan fingerprint density at radius 2 is 1.00 bits per heavy atom. The maximum absolute atomic E-state index is 9.57. The summed E-state index contributed by atoms with van der Waals surface area (Å²) < 4.78 is 0. The number of hydrogen-bond donors (Lipinski definition) is 4. The minimum atomic E-state index is -0.0514. The molecule has 0 atom stereocenters. The summed E-state index contributed by atoms with van der Waals surface area (Å²) in [4.78, 5) is 0. The van der Waals surface area contributed by atoms with E-state index in [0.29, 0.717) is 11.1 Å². The van der Waals surface area contributed by atoms with Crippen molar-refractivity contribution in [1.82, 2.24) is 0 Å². The first-order valence-corrected chi connectivity index (χ1v) is 5.28. The lowest BCUT2D eigenvalue weighted by Crippen LogP contribution is -1.77. The average Bonchev–Trinajstić information content (AvgIpc) is 2.30. The lowest BCUT2D eigenvalue weighted by atomic mass is 10.1. The molecule has 2 aromatic rings. The average molecular weight is 244 g/mol. The molecule has 92 valence electrons. The summed E-state index contributed by atoms with van der Waals surface area (Å²) in [5.74, 6) is -0.136. The molecule has 0 spiro atoms. The van der Waals surface area contributed by atoms with Crippen LogP contribution in [0.5, 0.6) is 23.0 Å². The summed E-state index contributed by atoms with van der Waals surface area (Å²) in [5, 5.41) is 37.4. The first kappa shape index (κ1) is 11.9. The van der Waals surface area contributed by atoms with E-state index in [9.17, 15) is 10.2 Å². The highest BCUT2D eigenvalue weighted by Crippen LogP contribution is 2.27. The minimum Gasteiger partial charge on any atom is -0.508 e. The van der Waals surface area contributed by atoms with E-state index < -0.39 is 0 Å². The van der Waals surface area contributed by atoms with Crippen LogP contribution in [0, 0.1) is 0 Å². The molecule has 0 aliphatic rings. The van der Waals surface area contributed by atoms with E-state index in [2.05, 4.69) is 0 Å². The maximum Gasteiger partial charge on any atom is 0.126 e. The zero-order valence-corrected chi connectivity index (χ0v) is 9.41. The SMILES string of the molecule is Oc1ccc(/C=C/c2ccc(O)cc2O)c(O)c1. The van der Waals surface area contributed by atoms with Crippen molar-refractivity contribution in [3.05, 3.63) is 47.5 Å². The third-order valence-corrected chi connectivity index (χ3v) is 2.47. The van der Waals surface area contributed by atoms with Crippen molar-refractivity contribution < 1.29 is 20.4 Å². The number of benzene rings is 2. The number of rotatable bonds is 2. The molecule has 0 saturated carbocycles. The van der Waals surface area contributed by atoms with Crippen LogP contribution in [0.15, 0.2) is 36.4 Å². The van der Waals surface area contributed by atoms with Crippen molar-refractivity contribution in [1.29, 1.82) is 0 Å². The van der Waals surface area contributed by atoms with E-state index in [-0.39, 0.29) is 23.0 Å². The van der Waals surface area contributed by atoms with Crippen molar-refractivity contribution in [2.75, 3.05) is 0 Å². The summed E-state index contributed by atoms with van der Waals surface area (Å²) >= 11 is 0. The van der Waals surface area contributed by atoms with Gasteiger partial charge in [-0.2, -0.15) is 0 Å². The smallest absolute Gasteiger partial charge is 0.126 e. The molecule has 4 N–H and O–H groups in total. The molecule has 0 amide bonds. The van der Waals surface area contributed by atoms with Crippen LogP contribution in [0.4, 0.5) is 0 Å². The van der Waals surface area contributed by atoms with Crippen molar-refractivity contribution in [3.8, 4) is 23.0 Å². The predicted molar refractivity (Wildman–Crippen MR) is 68.5 cm³/mol. The van der Waals surface area contributed by atoms with Gasteiger partial charge in [-0.15, -0.1) is 0 Å². The van der Waals surface area contributed by atoms with Gasteiger partial charge in [0.15, 0.2) is 0 Å². The van der Waals surface area contributed by atoms with E-state index in [0.717, 1.165) is 0 Å². The number of aromatic hydroxyl groups is 4. The summed E-state index contributed by atoms with van der Waals surface area (Å²) in [5.41, 5.74) is 1.03. The van der Waals surface area contributed by atoms with Gasteiger partial charge in [0.1, 0.15) is 23.0 Å². The van der Waals surface area contributed by atoms with Crippen LogP contribution in [-0.2, 0) is 0 Å². The van der Waals surface area contributed by atoms with Gasteiger partial charge in [-0.05, 0) is 24.3 Å². The van der Waals surface area contributed by atoms with E-state index in [4.69, 9.17) is 10.2 Å². The molecule has 0 saturated heterocycles. The molecule has 2 rings (SSSR count). The third kappa shape index (κ3) is 2.55. The van der Waals surface area contributed by atoms with Crippen LogP contribution >= 0.6 is 0 Å². The van der Waals surface area contributed by atoms with Gasteiger partial charge in [0, 0.05) is 23.3 Å². The predicted octanol–water partition coefficient (Wildman–Crippen LogP) is 2.68. The van der Waals surface area contributed by atoms with Crippen LogP contribution < -0.4 is 0 Å². The fourth-order valence-corrected chi connectivity index (χ4v) is 1.53. The fourth-order valence-electron chi connectivity index (χ4n) is 1.53. The highest BCUT2D eigenvalue weighted by molar-refractivity contribution is 5.75. The summed E-state index contributed by atoms with van der Waals surface area (Å²) in [6.45, 7) is 0. The van der Waals surface area contributed by atoms with Crippen molar-refractivity contribution >= 4 is 12.2 Å². The Balaban J connectivity index is 2.30. The summed E-state index contributed by atoms with van der Waals surface area (Å²) in [7, 11) is 0. The van der Waals surface area contributed by atoms with E-state index in [1.165, 1.54) is 24.3 Å². The molecule has 0 heterocycles. The lowest BCUT2D eigenvalue weighted by molar-refractivity contribution is 0.448.